The van der Waals surface area contributed by atoms with Crippen LogP contribution in [0.5, 0.6) is 0 Å². The molecular formula is C69H108N12O13. The highest BCUT2D eigenvalue weighted by Crippen LogP contribution is 2.23. The molecule has 2 aliphatic heterocycles. The lowest BCUT2D eigenvalue weighted by Gasteiger charge is -2.37. The Morgan fingerprint density at radius 2 is 1.05 bits per heavy atom. The zero-order chi connectivity index (χ0) is 70.6. The number of piperidine rings is 1. The molecular weight excluding hydrogens is 1200 g/mol. The first kappa shape index (κ1) is 78.5. The Kier molecular flexibility index (Phi) is 30.6. The number of benzene rings is 2. The second kappa shape index (κ2) is 36.6. The van der Waals surface area contributed by atoms with Gasteiger partial charge in [0.05, 0.1) is 19.1 Å². The van der Waals surface area contributed by atoms with Crippen molar-refractivity contribution in [2.45, 2.75) is 194 Å². The second-order valence-electron chi connectivity index (χ2n) is 27.0. The number of hydrogen-bond acceptors (Lipinski definition) is 13. The van der Waals surface area contributed by atoms with Crippen LogP contribution in [0.15, 0.2) is 60.7 Å². The van der Waals surface area contributed by atoms with Crippen molar-refractivity contribution in [2.24, 2.45) is 23.7 Å². The summed E-state index contributed by atoms with van der Waals surface area (Å²) in [6.45, 7) is 17.2. The van der Waals surface area contributed by atoms with E-state index in [9.17, 15) is 57.8 Å². The Bertz CT molecular complexity index is 2920. The van der Waals surface area contributed by atoms with E-state index in [1.165, 1.54) is 87.7 Å². The van der Waals surface area contributed by atoms with E-state index < -0.39 is 156 Å². The molecule has 4 rings (SSSR count). The summed E-state index contributed by atoms with van der Waals surface area (Å²) < 4.78 is 0. The minimum absolute atomic E-state index is 0.0395. The molecule has 0 spiro atoms. The highest BCUT2D eigenvalue weighted by molar-refractivity contribution is 5.99. The van der Waals surface area contributed by atoms with Crippen molar-refractivity contribution in [3.05, 3.63) is 71.8 Å². The Balaban J connectivity index is 1.88. The normalized spacial score (nSPS) is 25.5. The lowest BCUT2D eigenvalue weighted by atomic mass is 9.95. The van der Waals surface area contributed by atoms with Gasteiger partial charge in [0, 0.05) is 88.2 Å². The summed E-state index contributed by atoms with van der Waals surface area (Å²) in [5.41, 5.74) is 1.30. The predicted molar refractivity (Wildman–Crippen MR) is 356 cm³/mol. The average molecular weight is 1310 g/mol. The van der Waals surface area contributed by atoms with Crippen LogP contribution in [0, 0.1) is 23.7 Å². The highest BCUT2D eigenvalue weighted by Gasteiger charge is 2.43. The van der Waals surface area contributed by atoms with Crippen LogP contribution in [-0.4, -0.2) is 251 Å². The van der Waals surface area contributed by atoms with Crippen molar-refractivity contribution < 1.29 is 62.6 Å². The van der Waals surface area contributed by atoms with Crippen LogP contribution in [-0.2, 0) is 70.4 Å². The van der Waals surface area contributed by atoms with Gasteiger partial charge in [0.2, 0.25) is 70.9 Å². The number of nitrogens with zero attached hydrogens (tertiary/aromatic N) is 8. The molecule has 0 radical (unpaired) electrons. The maximum absolute atomic E-state index is 15.1. The van der Waals surface area contributed by atoms with Crippen LogP contribution < -0.4 is 21.3 Å². The molecule has 0 bridgehead atoms. The van der Waals surface area contributed by atoms with E-state index in [0.29, 0.717) is 43.5 Å². The van der Waals surface area contributed by atoms with Crippen LogP contribution in [0.2, 0.25) is 0 Å². The standard InChI is InChI=1S/C69H108N12O13/c1-18-45(8)60-68(93)75(12)41-57(85)77(14)54(39-49-30-24-20-25-31-49)64(89)72-52(66(91)81-33-26-21-27-34-81)40-56(84)74(11)35-32-55(83)79(16)59(44(6)7)69(94)78(15)53(37-43(4)5)63(88)70-50(36-42(2)3)62(87)73-58(47(10)82)67(92)76(13)46(9)61(86)71-51(65(90)80(60)17)38-48-28-22-19-23-29-48/h19-20,22-25,28-31,42-47,50-54,58-60,82H,18,21,26-27,32-41H2,1-17H3,(H,70,88)(H,71,86)(H,72,89)(H,73,87)/t45-,46-,47+,50-,51-,52-,53-,54-,58-,59-,60-/m0/s1. The van der Waals surface area contributed by atoms with Gasteiger partial charge in [0.1, 0.15) is 54.4 Å². The lowest BCUT2D eigenvalue weighted by molar-refractivity contribution is -0.151. The van der Waals surface area contributed by atoms with E-state index in [1.807, 2.05) is 34.6 Å². The number of aliphatic hydroxyl groups is 1. The van der Waals surface area contributed by atoms with Crippen molar-refractivity contribution >= 4 is 70.9 Å². The third-order valence-corrected chi connectivity index (χ3v) is 18.2. The molecule has 2 fully saturated rings. The molecule has 11 atom stereocenters. The van der Waals surface area contributed by atoms with Crippen LogP contribution in [0.25, 0.3) is 0 Å². The summed E-state index contributed by atoms with van der Waals surface area (Å²) in [6.07, 6.45) is 0.443. The number of nitrogens with one attached hydrogen (secondary N) is 4. The maximum Gasteiger partial charge on any atom is 0.248 e. The van der Waals surface area contributed by atoms with E-state index in [2.05, 4.69) is 21.3 Å². The van der Waals surface area contributed by atoms with Crippen molar-refractivity contribution in [1.82, 2.24) is 60.5 Å². The van der Waals surface area contributed by atoms with Gasteiger partial charge in [-0.1, -0.05) is 122 Å². The van der Waals surface area contributed by atoms with Gasteiger partial charge >= 0.3 is 0 Å². The second-order valence-corrected chi connectivity index (χ2v) is 27.0. The number of carbonyl (C=O) groups is 12. The van der Waals surface area contributed by atoms with Gasteiger partial charge in [0.15, 0.2) is 0 Å². The first-order valence-electron chi connectivity index (χ1n) is 33.2. The number of amides is 12. The van der Waals surface area contributed by atoms with Gasteiger partial charge in [0.25, 0.3) is 0 Å². The molecule has 5 N–H and O–H groups in total. The van der Waals surface area contributed by atoms with Crippen LogP contribution in [0.1, 0.15) is 132 Å². The van der Waals surface area contributed by atoms with Gasteiger partial charge < -0.3 is 65.6 Å². The fourth-order valence-electron chi connectivity index (χ4n) is 12.0. The Morgan fingerprint density at radius 3 is 1.59 bits per heavy atom. The third kappa shape index (κ3) is 21.8. The average Bonchev–Trinajstić information content (AvgIpc) is 0.859. The Morgan fingerprint density at radius 1 is 0.511 bits per heavy atom. The van der Waals surface area contributed by atoms with Gasteiger partial charge in [-0.15, -0.1) is 0 Å². The van der Waals surface area contributed by atoms with Crippen LogP contribution in [0.3, 0.4) is 0 Å². The Labute approximate surface area is 556 Å². The van der Waals surface area contributed by atoms with E-state index in [4.69, 9.17) is 0 Å². The van der Waals surface area contributed by atoms with Crippen LogP contribution >= 0.6 is 0 Å². The quantitative estimate of drug-likeness (QED) is 0.193. The highest BCUT2D eigenvalue weighted by atomic mass is 16.3. The minimum Gasteiger partial charge on any atom is -0.391 e. The molecule has 2 saturated heterocycles. The summed E-state index contributed by atoms with van der Waals surface area (Å²) in [6, 6.07) is 5.85. The molecule has 0 unspecified atom stereocenters. The van der Waals surface area contributed by atoms with Gasteiger partial charge in [-0.3, -0.25) is 57.5 Å². The summed E-state index contributed by atoms with van der Waals surface area (Å²) in [5, 5.41) is 22.2. The number of rotatable bonds is 13. The number of hydrogen-bond donors (Lipinski definition) is 5. The van der Waals surface area contributed by atoms with E-state index in [-0.39, 0.29) is 50.5 Å². The molecule has 25 heteroatoms. The number of aliphatic hydroxyl groups excluding tert-OH is 1. The molecule has 522 valence electrons. The largest absolute Gasteiger partial charge is 0.391 e. The van der Waals surface area contributed by atoms with E-state index in [0.717, 1.165) is 16.2 Å². The first-order chi connectivity index (χ1) is 44.1. The Hall–Kier alpha value is -7.96. The van der Waals surface area contributed by atoms with Crippen LogP contribution in [0.4, 0.5) is 0 Å². The monoisotopic (exact) mass is 1310 g/mol. The fraction of sp³-hybridized carbons (Fsp3) is 0.652. The summed E-state index contributed by atoms with van der Waals surface area (Å²) in [7, 11) is 9.89. The number of likely N-dealkylation sites (tertiary alicyclic amines) is 1. The minimum atomic E-state index is -1.66. The topological polar surface area (TPSA) is 299 Å². The molecule has 25 nitrogen and oxygen atoms in total. The molecule has 0 aliphatic carbocycles. The molecule has 2 aromatic rings. The molecule has 2 aliphatic rings. The molecule has 94 heavy (non-hydrogen) atoms. The molecule has 2 heterocycles. The van der Waals surface area contributed by atoms with Crippen molar-refractivity contribution in [3.8, 4) is 0 Å². The number of carbonyl (C=O) groups excluding carboxylic acids is 12. The third-order valence-electron chi connectivity index (χ3n) is 18.2. The first-order valence-corrected chi connectivity index (χ1v) is 33.2. The molecule has 0 saturated carbocycles. The van der Waals surface area contributed by atoms with Crippen molar-refractivity contribution in [3.63, 3.8) is 0 Å². The maximum atomic E-state index is 15.1. The molecule has 2 aromatic carbocycles. The van der Waals surface area contributed by atoms with Gasteiger partial charge in [-0.25, -0.2) is 0 Å². The summed E-state index contributed by atoms with van der Waals surface area (Å²) in [4.78, 5) is 186. The molecule has 0 aromatic heterocycles. The van der Waals surface area contributed by atoms with Gasteiger partial charge in [-0.05, 0) is 80.8 Å². The van der Waals surface area contributed by atoms with Crippen molar-refractivity contribution in [1.29, 1.82) is 0 Å². The van der Waals surface area contributed by atoms with Gasteiger partial charge in [-0.2, -0.15) is 0 Å². The van der Waals surface area contributed by atoms with E-state index in [1.54, 1.807) is 86.3 Å². The zero-order valence-electron chi connectivity index (χ0n) is 58.7. The SMILES string of the molecule is CC[C@H](C)[C@H]1C(=O)N(C)CC(=O)N(C)[C@@H](Cc2ccccc2)C(=O)N[C@H](C(=O)N2CCCCC2)CC(=O)N(C)CCC(=O)N(C)[C@@H](C(C)C)C(=O)N(C)[C@@H](CC(C)C)C(=O)N[C@@H](CC(C)C)C(=O)N[C@@H]([C@@H](C)O)C(=O)N(C)[C@@H](C)C(=O)N[C@@H](Cc2ccccc2)C(=O)N1C. The van der Waals surface area contributed by atoms with E-state index >= 15 is 4.79 Å². The predicted octanol–water partition coefficient (Wildman–Crippen LogP) is 2.46. The van der Waals surface area contributed by atoms with Crippen molar-refractivity contribution in [2.75, 3.05) is 75.5 Å². The number of likely N-dealkylation sites (N-methyl/N-ethyl adjacent to an activating group) is 6. The lowest BCUT2D eigenvalue weighted by Crippen LogP contribution is -2.62. The molecule has 12 amide bonds. The summed E-state index contributed by atoms with van der Waals surface area (Å²) >= 11 is 0. The fourth-order valence-corrected chi connectivity index (χ4v) is 12.0. The zero-order valence-corrected chi connectivity index (χ0v) is 58.7. The smallest absolute Gasteiger partial charge is 0.248 e. The summed E-state index contributed by atoms with van der Waals surface area (Å²) in [5.74, 6) is -9.56.